The highest BCUT2D eigenvalue weighted by Crippen LogP contribution is 2.29. The van der Waals surface area contributed by atoms with Gasteiger partial charge in [0.15, 0.2) is 11.6 Å². The number of rotatable bonds is 6. The van der Waals surface area contributed by atoms with Crippen molar-refractivity contribution in [2.45, 2.75) is 40.3 Å². The van der Waals surface area contributed by atoms with Crippen LogP contribution < -0.4 is 10.2 Å². The quantitative estimate of drug-likeness (QED) is 0.377. The Balaban J connectivity index is 1.55. The Hall–Kier alpha value is -4.12. The van der Waals surface area contributed by atoms with E-state index in [-0.39, 0.29) is 6.04 Å². The van der Waals surface area contributed by atoms with Crippen LogP contribution in [0.3, 0.4) is 0 Å². The highest BCUT2D eigenvalue weighted by Gasteiger charge is 2.21. The third-order valence-electron chi connectivity index (χ3n) is 6.44. The summed E-state index contributed by atoms with van der Waals surface area (Å²) in [5, 5.41) is 12.0. The number of aromatic nitrogens is 8. The molecule has 11 nitrogen and oxygen atoms in total. The summed E-state index contributed by atoms with van der Waals surface area (Å²) in [5.41, 5.74) is 5.12. The maximum atomic E-state index is 5.54. The number of aryl methyl sites for hydroxylation is 2. The first-order valence-electron chi connectivity index (χ1n) is 12.6. The fraction of sp³-hybridized carbons (Fsp3) is 0.385. The van der Waals surface area contributed by atoms with Gasteiger partial charge in [0.25, 0.3) is 0 Å². The molecule has 6 heterocycles. The molecule has 0 unspecified atom stereocenters. The predicted octanol–water partition coefficient (Wildman–Crippen LogP) is 3.25. The number of morpholine rings is 1. The first kappa shape index (κ1) is 23.3. The number of hydrogen-bond donors (Lipinski definition) is 1. The zero-order chi connectivity index (χ0) is 25.5. The Morgan fingerprint density at radius 1 is 1.05 bits per heavy atom. The summed E-state index contributed by atoms with van der Waals surface area (Å²) in [6.45, 7) is 11.7. The molecule has 1 N–H and O–H groups in total. The molecule has 11 heteroatoms. The average Bonchev–Trinajstić information content (AvgIpc) is 3.44. The number of nitrogens with zero attached hydrogens (tertiary/aromatic N) is 9. The van der Waals surface area contributed by atoms with Crippen molar-refractivity contribution in [1.29, 1.82) is 0 Å². The average molecular weight is 499 g/mol. The van der Waals surface area contributed by atoms with E-state index >= 15 is 0 Å². The van der Waals surface area contributed by atoms with Crippen LogP contribution in [0, 0.1) is 13.8 Å². The molecule has 0 atom stereocenters. The summed E-state index contributed by atoms with van der Waals surface area (Å²) in [6.07, 6.45) is 3.80. The molecule has 0 saturated carbocycles. The summed E-state index contributed by atoms with van der Waals surface area (Å²) in [5.74, 6) is 3.11. The molecule has 6 rings (SSSR count). The van der Waals surface area contributed by atoms with Gasteiger partial charge in [0.05, 0.1) is 37.2 Å². The third kappa shape index (κ3) is 4.46. The number of hydrogen-bond acceptors (Lipinski definition) is 9. The molecule has 0 spiro atoms. The zero-order valence-electron chi connectivity index (χ0n) is 21.5. The van der Waals surface area contributed by atoms with Crippen molar-refractivity contribution < 1.29 is 4.74 Å². The van der Waals surface area contributed by atoms with Crippen LogP contribution in [0.4, 0.5) is 11.6 Å². The van der Waals surface area contributed by atoms with Crippen LogP contribution in [-0.2, 0) is 11.3 Å². The minimum atomic E-state index is 0.180. The van der Waals surface area contributed by atoms with Gasteiger partial charge in [-0.1, -0.05) is 6.07 Å². The number of nitrogens with one attached hydrogen (secondary N) is 1. The lowest BCUT2D eigenvalue weighted by Gasteiger charge is -2.27. The van der Waals surface area contributed by atoms with E-state index in [9.17, 15) is 0 Å². The largest absolute Gasteiger partial charge is 0.378 e. The Morgan fingerprint density at radius 3 is 2.68 bits per heavy atom. The highest BCUT2D eigenvalue weighted by molar-refractivity contribution is 5.82. The minimum absolute atomic E-state index is 0.180. The lowest BCUT2D eigenvalue weighted by Crippen LogP contribution is -2.36. The standard InChI is InChI=1S/C26H30N10O/c1-16(2)28-24-26-33-32-18(4)35(26)15-21(30-24)25-31-20-13-27-23(34-8-10-37-11-9-34)12-22(20)36(25)14-19-7-5-6-17(3)29-19/h5-7,12-13,15-16H,8-11,14H2,1-4H3,(H,28,30). The molecule has 190 valence electrons. The second-order valence-electron chi connectivity index (χ2n) is 9.64. The molecule has 0 amide bonds. The van der Waals surface area contributed by atoms with Gasteiger partial charge in [-0.15, -0.1) is 10.2 Å². The molecule has 5 aromatic rings. The summed E-state index contributed by atoms with van der Waals surface area (Å²) >= 11 is 0. The molecule has 1 aliphatic heterocycles. The van der Waals surface area contributed by atoms with Gasteiger partial charge in [-0.2, -0.15) is 0 Å². The van der Waals surface area contributed by atoms with E-state index in [1.54, 1.807) is 0 Å². The maximum absolute atomic E-state index is 5.54. The third-order valence-corrected chi connectivity index (χ3v) is 6.44. The van der Waals surface area contributed by atoms with E-state index in [1.807, 2.05) is 48.8 Å². The van der Waals surface area contributed by atoms with Gasteiger partial charge in [-0.3, -0.25) is 9.38 Å². The van der Waals surface area contributed by atoms with Gasteiger partial charge in [0.2, 0.25) is 5.65 Å². The normalized spacial score (nSPS) is 14.2. The number of ether oxygens (including phenoxy) is 1. The fourth-order valence-electron chi connectivity index (χ4n) is 4.67. The van der Waals surface area contributed by atoms with Gasteiger partial charge < -0.3 is 19.5 Å². The first-order valence-corrected chi connectivity index (χ1v) is 12.6. The number of imidazole rings is 1. The highest BCUT2D eigenvalue weighted by atomic mass is 16.5. The summed E-state index contributed by atoms with van der Waals surface area (Å²) in [7, 11) is 0. The molecular weight excluding hydrogens is 468 g/mol. The van der Waals surface area contributed by atoms with Crippen LogP contribution in [0.15, 0.2) is 36.7 Å². The van der Waals surface area contributed by atoms with Crippen molar-refractivity contribution in [2.75, 3.05) is 36.5 Å². The van der Waals surface area contributed by atoms with E-state index in [0.29, 0.717) is 31.2 Å². The second kappa shape index (κ2) is 9.40. The van der Waals surface area contributed by atoms with Crippen LogP contribution >= 0.6 is 0 Å². The molecule has 1 fully saturated rings. The van der Waals surface area contributed by atoms with Crippen molar-refractivity contribution in [3.63, 3.8) is 0 Å². The molecule has 0 aromatic carbocycles. The SMILES string of the molecule is Cc1cccc(Cn2c(-c3cn4c(C)nnc4c(NC(C)C)n3)nc3cnc(N4CCOCC4)cc32)n1. The summed E-state index contributed by atoms with van der Waals surface area (Å²) < 4.78 is 9.67. The molecule has 5 aromatic heterocycles. The van der Waals surface area contributed by atoms with Crippen LogP contribution in [0.2, 0.25) is 0 Å². The minimum Gasteiger partial charge on any atom is -0.378 e. The van der Waals surface area contributed by atoms with E-state index in [2.05, 4.69) is 44.9 Å². The lowest BCUT2D eigenvalue weighted by atomic mass is 10.3. The van der Waals surface area contributed by atoms with E-state index < -0.39 is 0 Å². The van der Waals surface area contributed by atoms with Gasteiger partial charge in [0.1, 0.15) is 22.9 Å². The van der Waals surface area contributed by atoms with Crippen molar-refractivity contribution >= 4 is 28.3 Å². The monoisotopic (exact) mass is 498 g/mol. The lowest BCUT2D eigenvalue weighted by molar-refractivity contribution is 0.122. The predicted molar refractivity (Wildman–Crippen MR) is 142 cm³/mol. The Morgan fingerprint density at radius 2 is 1.89 bits per heavy atom. The molecule has 1 saturated heterocycles. The Bertz CT molecular complexity index is 1580. The molecule has 0 bridgehead atoms. The smallest absolute Gasteiger partial charge is 0.203 e. The van der Waals surface area contributed by atoms with Gasteiger partial charge in [-0.25, -0.2) is 15.0 Å². The summed E-state index contributed by atoms with van der Waals surface area (Å²) in [4.78, 5) is 21.7. The van der Waals surface area contributed by atoms with Crippen molar-refractivity contribution in [3.8, 4) is 11.5 Å². The van der Waals surface area contributed by atoms with Crippen LogP contribution in [0.25, 0.3) is 28.2 Å². The first-order chi connectivity index (χ1) is 18.0. The number of anilines is 2. The molecule has 1 aliphatic rings. The Kier molecular flexibility index (Phi) is 5.91. The molecular formula is C26H30N10O. The number of fused-ring (bicyclic) bond motifs is 2. The molecule has 0 aliphatic carbocycles. The molecule has 37 heavy (non-hydrogen) atoms. The topological polar surface area (TPSA) is 111 Å². The van der Waals surface area contributed by atoms with Gasteiger partial charge in [0, 0.05) is 37.1 Å². The zero-order valence-corrected chi connectivity index (χ0v) is 21.5. The van der Waals surface area contributed by atoms with Gasteiger partial charge in [-0.05, 0) is 39.8 Å². The van der Waals surface area contributed by atoms with E-state index in [1.165, 1.54) is 0 Å². The van der Waals surface area contributed by atoms with E-state index in [4.69, 9.17) is 24.7 Å². The number of pyridine rings is 2. The van der Waals surface area contributed by atoms with E-state index in [0.717, 1.165) is 58.7 Å². The van der Waals surface area contributed by atoms with Crippen molar-refractivity contribution in [2.24, 2.45) is 0 Å². The molecule has 0 radical (unpaired) electrons. The maximum Gasteiger partial charge on any atom is 0.203 e. The Labute approximate surface area is 214 Å². The van der Waals surface area contributed by atoms with Crippen LogP contribution in [0.5, 0.6) is 0 Å². The second-order valence-corrected chi connectivity index (χ2v) is 9.64. The van der Waals surface area contributed by atoms with Crippen LogP contribution in [-0.4, -0.2) is 71.4 Å². The van der Waals surface area contributed by atoms with Crippen molar-refractivity contribution in [3.05, 3.63) is 53.9 Å². The summed E-state index contributed by atoms with van der Waals surface area (Å²) in [6, 6.07) is 8.37. The van der Waals surface area contributed by atoms with Crippen molar-refractivity contribution in [1.82, 2.24) is 39.1 Å². The fourth-order valence-corrected chi connectivity index (χ4v) is 4.67. The van der Waals surface area contributed by atoms with Crippen LogP contribution in [0.1, 0.15) is 31.1 Å². The van der Waals surface area contributed by atoms with Gasteiger partial charge >= 0.3 is 0 Å².